The fraction of sp³-hybridized carbons (Fsp3) is 0.250. The number of furan rings is 1. The second-order valence-electron chi connectivity index (χ2n) is 6.24. The Hall–Kier alpha value is -2.99. The first-order valence-electron chi connectivity index (χ1n) is 8.55. The van der Waals surface area contributed by atoms with E-state index in [0.29, 0.717) is 32.1 Å². The molecule has 0 bridgehead atoms. The molecule has 0 aliphatic carbocycles. The lowest BCUT2D eigenvalue weighted by Gasteiger charge is -2.29. The monoisotopic (exact) mass is 349 g/mol. The highest BCUT2D eigenvalue weighted by atomic mass is 16.5. The van der Waals surface area contributed by atoms with Gasteiger partial charge >= 0.3 is 0 Å². The summed E-state index contributed by atoms with van der Waals surface area (Å²) in [5.41, 5.74) is 4.48. The number of hydrogen-bond acceptors (Lipinski definition) is 5. The normalized spacial score (nSPS) is 13.5. The van der Waals surface area contributed by atoms with Crippen LogP contribution in [0.1, 0.15) is 32.8 Å². The maximum Gasteiger partial charge on any atom is 0.289 e. The summed E-state index contributed by atoms with van der Waals surface area (Å²) in [5, 5.41) is 0. The molecule has 0 fully saturated rings. The van der Waals surface area contributed by atoms with E-state index >= 15 is 0 Å². The van der Waals surface area contributed by atoms with E-state index in [4.69, 9.17) is 9.15 Å². The van der Waals surface area contributed by atoms with Crippen molar-refractivity contribution in [1.82, 2.24) is 14.9 Å². The fourth-order valence-corrected chi connectivity index (χ4v) is 3.18. The average molecular weight is 349 g/mol. The van der Waals surface area contributed by atoms with Crippen LogP contribution in [0, 0.1) is 0 Å². The van der Waals surface area contributed by atoms with Crippen molar-refractivity contribution >= 4 is 5.91 Å². The molecule has 0 unspecified atom stereocenters. The first-order chi connectivity index (χ1) is 12.8. The molecule has 0 saturated heterocycles. The third kappa shape index (κ3) is 3.50. The first-order valence-corrected chi connectivity index (χ1v) is 8.55. The van der Waals surface area contributed by atoms with E-state index in [-0.39, 0.29) is 5.91 Å². The molecular formula is C20H19N3O3. The molecule has 4 rings (SSSR count). The van der Waals surface area contributed by atoms with Crippen LogP contribution in [-0.4, -0.2) is 27.3 Å². The molecule has 0 aromatic carbocycles. The highest BCUT2D eigenvalue weighted by molar-refractivity contribution is 5.91. The van der Waals surface area contributed by atoms with E-state index in [1.807, 2.05) is 24.5 Å². The Bertz CT molecular complexity index is 879. The number of nitrogens with zero attached hydrogens (tertiary/aromatic N) is 3. The van der Waals surface area contributed by atoms with Crippen LogP contribution in [0.5, 0.6) is 0 Å². The topological polar surface area (TPSA) is 68.5 Å². The van der Waals surface area contributed by atoms with Gasteiger partial charge in [0.1, 0.15) is 0 Å². The lowest BCUT2D eigenvalue weighted by molar-refractivity contribution is 0.0699. The maximum atomic E-state index is 12.5. The standard InChI is InChI=1S/C20H19N3O3/c24-20(19-2-1-9-26-19)23-8-5-18-16(12-23)10-22-11-17(18)14-25-13-15-3-6-21-7-4-15/h1-4,6-7,9-11H,5,8,12-14H2. The number of carbonyl (C=O) groups excluding carboxylic acids is 1. The Balaban J connectivity index is 1.42. The highest BCUT2D eigenvalue weighted by Gasteiger charge is 2.25. The van der Waals surface area contributed by atoms with Crippen LogP contribution < -0.4 is 0 Å². The number of hydrogen-bond donors (Lipinski definition) is 0. The molecule has 0 saturated carbocycles. The summed E-state index contributed by atoms with van der Waals surface area (Å²) in [6.45, 7) is 2.24. The van der Waals surface area contributed by atoms with Crippen LogP contribution in [0.4, 0.5) is 0 Å². The predicted octanol–water partition coefficient (Wildman–Crippen LogP) is 2.98. The molecule has 0 N–H and O–H groups in total. The Labute approximate surface area is 151 Å². The Morgan fingerprint density at radius 3 is 2.85 bits per heavy atom. The van der Waals surface area contributed by atoms with Gasteiger partial charge in [0.25, 0.3) is 5.91 Å². The van der Waals surface area contributed by atoms with Crippen LogP contribution in [0.2, 0.25) is 0 Å². The van der Waals surface area contributed by atoms with Crippen molar-refractivity contribution in [1.29, 1.82) is 0 Å². The molecule has 132 valence electrons. The summed E-state index contributed by atoms with van der Waals surface area (Å²) in [6, 6.07) is 7.30. The van der Waals surface area contributed by atoms with Gasteiger partial charge in [0.05, 0.1) is 19.5 Å². The van der Waals surface area contributed by atoms with Crippen molar-refractivity contribution in [3.63, 3.8) is 0 Å². The van der Waals surface area contributed by atoms with Crippen LogP contribution >= 0.6 is 0 Å². The zero-order chi connectivity index (χ0) is 17.8. The minimum absolute atomic E-state index is 0.0833. The number of aromatic nitrogens is 2. The second-order valence-corrected chi connectivity index (χ2v) is 6.24. The van der Waals surface area contributed by atoms with E-state index < -0.39 is 0 Å². The lowest BCUT2D eigenvalue weighted by Crippen LogP contribution is -2.36. The van der Waals surface area contributed by atoms with Gasteiger partial charge in [0.15, 0.2) is 5.76 Å². The number of pyridine rings is 2. The molecule has 26 heavy (non-hydrogen) atoms. The van der Waals surface area contributed by atoms with Gasteiger partial charge in [-0.15, -0.1) is 0 Å². The second kappa shape index (κ2) is 7.49. The zero-order valence-electron chi connectivity index (χ0n) is 14.3. The molecule has 1 aliphatic rings. The van der Waals surface area contributed by atoms with Crippen LogP contribution in [0.15, 0.2) is 59.7 Å². The SMILES string of the molecule is O=C(c1ccco1)N1CCc2c(COCc3ccncc3)cncc2C1. The number of rotatable bonds is 5. The Kier molecular flexibility index (Phi) is 4.75. The number of carbonyl (C=O) groups is 1. The summed E-state index contributed by atoms with van der Waals surface area (Å²) < 4.78 is 11.1. The van der Waals surface area contributed by atoms with Gasteiger partial charge in [0, 0.05) is 37.9 Å². The largest absolute Gasteiger partial charge is 0.459 e. The molecule has 1 amide bonds. The summed E-state index contributed by atoms with van der Waals surface area (Å²) in [7, 11) is 0. The molecular weight excluding hydrogens is 330 g/mol. The number of ether oxygens (including phenoxy) is 1. The van der Waals surface area contributed by atoms with Gasteiger partial charge < -0.3 is 14.1 Å². The summed E-state index contributed by atoms with van der Waals surface area (Å²) in [6.07, 6.45) is 9.52. The summed E-state index contributed by atoms with van der Waals surface area (Å²) in [4.78, 5) is 22.6. The quantitative estimate of drug-likeness (QED) is 0.708. The van der Waals surface area contributed by atoms with Crippen molar-refractivity contribution in [2.75, 3.05) is 6.54 Å². The van der Waals surface area contributed by atoms with Crippen molar-refractivity contribution in [3.05, 3.63) is 83.3 Å². The summed E-state index contributed by atoms with van der Waals surface area (Å²) in [5.74, 6) is 0.290. The molecule has 4 heterocycles. The number of fused-ring (bicyclic) bond motifs is 1. The van der Waals surface area contributed by atoms with Crippen LogP contribution in [0.3, 0.4) is 0 Å². The third-order valence-electron chi connectivity index (χ3n) is 4.52. The van der Waals surface area contributed by atoms with Crippen molar-refractivity contribution in [2.45, 2.75) is 26.2 Å². The van der Waals surface area contributed by atoms with E-state index in [0.717, 1.165) is 23.1 Å². The van der Waals surface area contributed by atoms with Gasteiger partial charge in [-0.05, 0) is 52.9 Å². The first kappa shape index (κ1) is 16.5. The predicted molar refractivity (Wildman–Crippen MR) is 94.1 cm³/mol. The number of amides is 1. The van der Waals surface area contributed by atoms with Gasteiger partial charge in [-0.3, -0.25) is 14.8 Å². The van der Waals surface area contributed by atoms with Crippen molar-refractivity contribution < 1.29 is 13.9 Å². The Morgan fingerprint density at radius 1 is 1.15 bits per heavy atom. The van der Waals surface area contributed by atoms with Crippen LogP contribution in [0.25, 0.3) is 0 Å². The van der Waals surface area contributed by atoms with Gasteiger partial charge in [-0.2, -0.15) is 0 Å². The Morgan fingerprint density at radius 2 is 2.04 bits per heavy atom. The van der Waals surface area contributed by atoms with Gasteiger partial charge in [-0.25, -0.2) is 0 Å². The molecule has 1 aliphatic heterocycles. The van der Waals surface area contributed by atoms with E-state index in [1.165, 1.54) is 11.8 Å². The minimum atomic E-state index is -0.0833. The highest BCUT2D eigenvalue weighted by Crippen LogP contribution is 2.23. The lowest BCUT2D eigenvalue weighted by atomic mass is 9.97. The van der Waals surface area contributed by atoms with Crippen LogP contribution in [-0.2, 0) is 30.9 Å². The van der Waals surface area contributed by atoms with E-state index in [2.05, 4.69) is 9.97 Å². The van der Waals surface area contributed by atoms with Crippen molar-refractivity contribution in [2.24, 2.45) is 0 Å². The molecule has 0 radical (unpaired) electrons. The van der Waals surface area contributed by atoms with E-state index in [1.54, 1.807) is 29.4 Å². The molecule has 0 atom stereocenters. The maximum absolute atomic E-state index is 12.5. The molecule has 6 heteroatoms. The molecule has 3 aromatic heterocycles. The summed E-state index contributed by atoms with van der Waals surface area (Å²) >= 11 is 0. The fourth-order valence-electron chi connectivity index (χ4n) is 3.18. The zero-order valence-corrected chi connectivity index (χ0v) is 14.3. The average Bonchev–Trinajstić information content (AvgIpc) is 3.23. The minimum Gasteiger partial charge on any atom is -0.459 e. The van der Waals surface area contributed by atoms with Gasteiger partial charge in [0.2, 0.25) is 0 Å². The molecule has 6 nitrogen and oxygen atoms in total. The van der Waals surface area contributed by atoms with Gasteiger partial charge in [-0.1, -0.05) is 0 Å². The molecule has 3 aromatic rings. The third-order valence-corrected chi connectivity index (χ3v) is 4.52. The smallest absolute Gasteiger partial charge is 0.289 e. The molecule has 0 spiro atoms. The van der Waals surface area contributed by atoms with E-state index in [9.17, 15) is 4.79 Å². The van der Waals surface area contributed by atoms with Crippen molar-refractivity contribution in [3.8, 4) is 0 Å².